The molecule has 0 amide bonds. The Bertz CT molecular complexity index is 669. The van der Waals surface area contributed by atoms with Crippen LogP contribution >= 0.6 is 22.6 Å². The van der Waals surface area contributed by atoms with E-state index in [4.69, 9.17) is 5.53 Å². The van der Waals surface area contributed by atoms with Crippen molar-refractivity contribution in [2.75, 3.05) is 6.61 Å². The molecule has 108 valence electrons. The topological polar surface area (TPSA) is 144 Å². The molecule has 1 aliphatic rings. The van der Waals surface area contributed by atoms with Crippen LogP contribution in [0.5, 0.6) is 0 Å². The summed E-state index contributed by atoms with van der Waals surface area (Å²) in [5.41, 5.74) is 7.47. The average molecular weight is 458 g/mol. The maximum atomic E-state index is 11.9. The Morgan fingerprint density at radius 2 is 2.30 bits per heavy atom. The van der Waals surface area contributed by atoms with E-state index >= 15 is 0 Å². The Morgan fingerprint density at radius 3 is 2.90 bits per heavy atom. The molecule has 1 aliphatic heterocycles. The van der Waals surface area contributed by atoms with Gasteiger partial charge in [-0.2, -0.15) is 0 Å². The molecule has 3 N–H and O–H groups in total. The van der Waals surface area contributed by atoms with Crippen molar-refractivity contribution < 1.29 is 10.2 Å². The number of hydrogen-bond donors (Lipinski definition) is 3. The number of aromatic amines is 1. The van der Waals surface area contributed by atoms with Crippen LogP contribution in [0.25, 0.3) is 10.4 Å². The van der Waals surface area contributed by atoms with E-state index in [1.165, 1.54) is 10.8 Å². The van der Waals surface area contributed by atoms with Crippen molar-refractivity contribution in [1.29, 1.82) is 0 Å². The van der Waals surface area contributed by atoms with E-state index < -0.39 is 33.2 Å². The van der Waals surface area contributed by atoms with E-state index in [0.717, 1.165) is 0 Å². The van der Waals surface area contributed by atoms with E-state index in [9.17, 15) is 19.8 Å². The third-order valence-corrected chi connectivity index (χ3v) is 6.95. The number of rotatable bonds is 3. The van der Waals surface area contributed by atoms with Gasteiger partial charge in [-0.15, -0.1) is 0 Å². The van der Waals surface area contributed by atoms with Gasteiger partial charge < -0.3 is 0 Å². The molecule has 1 fully saturated rings. The number of nitrogens with zero attached hydrogens (tertiary/aromatic N) is 4. The van der Waals surface area contributed by atoms with E-state index in [1.807, 2.05) is 0 Å². The molecule has 0 bridgehead atoms. The van der Waals surface area contributed by atoms with Crippen LogP contribution in [0.15, 0.2) is 20.9 Å². The fourth-order valence-corrected chi connectivity index (χ4v) is 5.38. The molecule has 20 heavy (non-hydrogen) atoms. The number of azide groups is 1. The van der Waals surface area contributed by atoms with Gasteiger partial charge in [0, 0.05) is 0 Å². The molecule has 0 radical (unpaired) electrons. The van der Waals surface area contributed by atoms with Gasteiger partial charge in [0.1, 0.15) is 0 Å². The molecule has 11 heteroatoms. The van der Waals surface area contributed by atoms with Gasteiger partial charge in [0.25, 0.3) is 0 Å². The van der Waals surface area contributed by atoms with E-state index in [-0.39, 0.29) is 21.6 Å². The molecular formula is C9H10IN5O4Se. The summed E-state index contributed by atoms with van der Waals surface area (Å²) in [4.78, 5) is 27.1. The van der Waals surface area contributed by atoms with Crippen LogP contribution in [0.3, 0.4) is 0 Å². The summed E-state index contributed by atoms with van der Waals surface area (Å²) in [7, 11) is 0. The van der Waals surface area contributed by atoms with Crippen LogP contribution in [0, 0.1) is 3.57 Å². The number of halogens is 1. The number of hydrogen-bond acceptors (Lipinski definition) is 5. The molecular weight excluding hydrogens is 448 g/mol. The monoisotopic (exact) mass is 459 g/mol. The first-order chi connectivity index (χ1) is 9.49. The summed E-state index contributed by atoms with van der Waals surface area (Å²) < 4.78 is 1.58. The summed E-state index contributed by atoms with van der Waals surface area (Å²) in [6, 6.07) is -0.837. The van der Waals surface area contributed by atoms with Gasteiger partial charge in [0.2, 0.25) is 0 Å². The Morgan fingerprint density at radius 1 is 1.60 bits per heavy atom. The van der Waals surface area contributed by atoms with Gasteiger partial charge in [-0.25, -0.2) is 0 Å². The van der Waals surface area contributed by atoms with Gasteiger partial charge in [-0.3, -0.25) is 0 Å². The quantitative estimate of drug-likeness (QED) is 0.179. The minimum absolute atomic E-state index is 0.246. The number of aliphatic hydroxyl groups is 2. The van der Waals surface area contributed by atoms with Crippen LogP contribution in [0.2, 0.25) is 4.82 Å². The zero-order valence-corrected chi connectivity index (χ0v) is 13.8. The first-order valence-electron chi connectivity index (χ1n) is 5.49. The third-order valence-electron chi connectivity index (χ3n) is 2.90. The van der Waals surface area contributed by atoms with Crippen molar-refractivity contribution in [1.82, 2.24) is 9.55 Å². The second kappa shape index (κ2) is 6.29. The van der Waals surface area contributed by atoms with Gasteiger partial charge in [0.05, 0.1) is 0 Å². The van der Waals surface area contributed by atoms with E-state index in [2.05, 4.69) is 15.0 Å². The molecule has 1 aromatic rings. The van der Waals surface area contributed by atoms with Gasteiger partial charge >= 0.3 is 132 Å². The standard InChI is InChI=1S/C9H10IN5O4Se/c10-3-1-15(9(19)12-7(3)18)8-5(13-14-11)6(17)4(2-16)20-8/h1,4-6,8,16-17H,2H2,(H,12,18,19)/t4-,5?,6-,8?/m1/s1. The summed E-state index contributed by atoms with van der Waals surface area (Å²) in [6.07, 6.45) is 0.373. The number of aliphatic hydroxyl groups excluding tert-OH is 2. The second-order valence-corrected chi connectivity index (χ2v) is 8.09. The third kappa shape index (κ3) is 2.78. The molecule has 4 atom stereocenters. The molecule has 1 saturated heterocycles. The Hall–Kier alpha value is -0.841. The van der Waals surface area contributed by atoms with Crippen molar-refractivity contribution in [3.8, 4) is 0 Å². The van der Waals surface area contributed by atoms with Crippen LogP contribution in [0.4, 0.5) is 0 Å². The molecule has 1 aromatic heterocycles. The molecule has 0 saturated carbocycles. The normalized spacial score (nSPS) is 29.1. The van der Waals surface area contributed by atoms with Crippen LogP contribution in [-0.4, -0.2) is 53.5 Å². The summed E-state index contributed by atoms with van der Waals surface area (Å²) in [6.45, 7) is -0.246. The van der Waals surface area contributed by atoms with Crippen LogP contribution < -0.4 is 11.2 Å². The van der Waals surface area contributed by atoms with Crippen molar-refractivity contribution in [2.45, 2.75) is 21.9 Å². The molecule has 9 nitrogen and oxygen atoms in total. The number of H-pyrrole nitrogens is 1. The van der Waals surface area contributed by atoms with E-state index in [0.29, 0.717) is 3.57 Å². The molecule has 2 heterocycles. The van der Waals surface area contributed by atoms with Gasteiger partial charge in [-0.1, -0.05) is 0 Å². The summed E-state index contributed by atoms with van der Waals surface area (Å²) >= 11 is 1.44. The predicted octanol–water partition coefficient (Wildman–Crippen LogP) is -0.822. The molecule has 0 spiro atoms. The van der Waals surface area contributed by atoms with Crippen LogP contribution in [0.1, 0.15) is 4.94 Å². The Balaban J connectivity index is 2.50. The van der Waals surface area contributed by atoms with Gasteiger partial charge in [0.15, 0.2) is 0 Å². The summed E-state index contributed by atoms with van der Waals surface area (Å²) in [5.74, 6) is 0. The first kappa shape index (κ1) is 15.5. The predicted molar refractivity (Wildman–Crippen MR) is 78.6 cm³/mol. The van der Waals surface area contributed by atoms with E-state index in [1.54, 1.807) is 22.6 Å². The molecule has 0 aliphatic carbocycles. The number of nitrogens with one attached hydrogen (secondary N) is 1. The Kier molecular flexibility index (Phi) is 4.89. The maximum absolute atomic E-state index is 11.9. The fraction of sp³-hybridized carbons (Fsp3) is 0.556. The minimum atomic E-state index is -1.00. The zero-order chi connectivity index (χ0) is 14.9. The second-order valence-electron chi connectivity index (χ2n) is 4.08. The van der Waals surface area contributed by atoms with Crippen molar-refractivity contribution in [3.05, 3.63) is 41.0 Å². The fourth-order valence-electron chi connectivity index (χ4n) is 1.94. The summed E-state index contributed by atoms with van der Waals surface area (Å²) in [5, 5.41) is 22.8. The van der Waals surface area contributed by atoms with Crippen LogP contribution in [-0.2, 0) is 0 Å². The molecule has 0 aromatic carbocycles. The van der Waals surface area contributed by atoms with Crippen molar-refractivity contribution in [2.24, 2.45) is 5.11 Å². The zero-order valence-electron chi connectivity index (χ0n) is 9.88. The molecule has 2 rings (SSSR count). The van der Waals surface area contributed by atoms with Crippen molar-refractivity contribution >= 4 is 37.5 Å². The Labute approximate surface area is 131 Å². The van der Waals surface area contributed by atoms with Gasteiger partial charge in [-0.05, 0) is 0 Å². The SMILES string of the molecule is [N-]=[N+]=NC1C(n2cc(I)c(=O)[nH]c2=O)[Se][C@H](CO)[C@H]1O. The van der Waals surface area contributed by atoms with Crippen molar-refractivity contribution in [3.63, 3.8) is 0 Å². The number of aromatic nitrogens is 2. The first-order valence-corrected chi connectivity index (χ1v) is 8.55. The molecule has 2 unspecified atom stereocenters. The average Bonchev–Trinajstić information content (AvgIpc) is 2.72.